The smallest absolute Gasteiger partial charge is 0.306 e. The van der Waals surface area contributed by atoms with E-state index in [0.717, 1.165) is 0 Å². The van der Waals surface area contributed by atoms with Crippen molar-refractivity contribution in [3.63, 3.8) is 0 Å². The summed E-state index contributed by atoms with van der Waals surface area (Å²) in [5.74, 6) is -1.00. The van der Waals surface area contributed by atoms with Crippen LogP contribution in [0.1, 0.15) is 25.7 Å². The third kappa shape index (κ3) is 2.72. The number of carbonyl (C=O) groups is 1. The van der Waals surface area contributed by atoms with Crippen molar-refractivity contribution in [1.29, 1.82) is 0 Å². The topological polar surface area (TPSA) is 78.8 Å². The highest BCUT2D eigenvalue weighted by Crippen LogP contribution is 2.31. The molecular formula is C11H19NO4. The Morgan fingerprint density at radius 3 is 2.44 bits per heavy atom. The molecule has 0 aromatic rings. The van der Waals surface area contributed by atoms with Crippen LogP contribution in [0.3, 0.4) is 0 Å². The second-order valence-corrected chi connectivity index (χ2v) is 4.95. The molecule has 0 aromatic heterocycles. The van der Waals surface area contributed by atoms with E-state index in [1.807, 2.05) is 0 Å². The highest BCUT2D eigenvalue weighted by molar-refractivity contribution is 5.70. The Balaban J connectivity index is 1.74. The number of rotatable bonds is 4. The van der Waals surface area contributed by atoms with Crippen LogP contribution in [0, 0.1) is 5.92 Å². The van der Waals surface area contributed by atoms with E-state index in [4.69, 9.17) is 9.84 Å². The molecule has 5 nitrogen and oxygen atoms in total. The number of ether oxygens (including phenoxy) is 1. The van der Waals surface area contributed by atoms with Crippen molar-refractivity contribution < 1.29 is 19.7 Å². The van der Waals surface area contributed by atoms with Crippen molar-refractivity contribution in [2.24, 2.45) is 5.92 Å². The fourth-order valence-electron chi connectivity index (χ4n) is 2.27. The molecule has 2 rings (SSSR count). The molecule has 1 saturated heterocycles. The molecule has 0 bridgehead atoms. The summed E-state index contributed by atoms with van der Waals surface area (Å²) in [6, 6.07) is 0.362. The van der Waals surface area contributed by atoms with Crippen molar-refractivity contribution in [2.45, 2.75) is 37.3 Å². The van der Waals surface area contributed by atoms with Crippen LogP contribution in [0.4, 0.5) is 0 Å². The minimum Gasteiger partial charge on any atom is -0.481 e. The predicted octanol–water partition coefficient (Wildman–Crippen LogP) is -0.0193. The number of aliphatic hydroxyl groups is 1. The molecule has 2 fully saturated rings. The molecule has 0 radical (unpaired) electrons. The Kier molecular flexibility index (Phi) is 3.47. The Hall–Kier alpha value is -0.650. The standard InChI is InChI=1S/C11H19NO4/c13-10(14)8-1-3-11(15,4-2-8)7-12-9-5-16-6-9/h8-9,12,15H,1-7H2,(H,13,14). The molecule has 1 aliphatic heterocycles. The van der Waals surface area contributed by atoms with Crippen LogP contribution in [-0.4, -0.2) is 47.6 Å². The van der Waals surface area contributed by atoms with Crippen LogP contribution >= 0.6 is 0 Å². The van der Waals surface area contributed by atoms with Gasteiger partial charge in [0, 0.05) is 6.54 Å². The summed E-state index contributed by atoms with van der Waals surface area (Å²) >= 11 is 0. The molecule has 5 heteroatoms. The van der Waals surface area contributed by atoms with Crippen molar-refractivity contribution in [3.05, 3.63) is 0 Å². The first-order chi connectivity index (χ1) is 7.59. The third-order valence-electron chi connectivity index (χ3n) is 3.62. The Morgan fingerprint density at radius 1 is 1.38 bits per heavy atom. The second kappa shape index (κ2) is 4.69. The van der Waals surface area contributed by atoms with Gasteiger partial charge in [0.15, 0.2) is 0 Å². The first-order valence-electron chi connectivity index (χ1n) is 5.85. The fourth-order valence-corrected chi connectivity index (χ4v) is 2.27. The van der Waals surface area contributed by atoms with Gasteiger partial charge in [-0.25, -0.2) is 0 Å². The van der Waals surface area contributed by atoms with Crippen LogP contribution in [0.25, 0.3) is 0 Å². The lowest BCUT2D eigenvalue weighted by Crippen LogP contribution is -2.53. The molecule has 1 heterocycles. The molecule has 3 N–H and O–H groups in total. The van der Waals surface area contributed by atoms with Gasteiger partial charge in [0.2, 0.25) is 0 Å². The van der Waals surface area contributed by atoms with Gasteiger partial charge >= 0.3 is 5.97 Å². The van der Waals surface area contributed by atoms with E-state index in [1.54, 1.807) is 0 Å². The average Bonchev–Trinajstić information content (AvgIpc) is 2.15. The largest absolute Gasteiger partial charge is 0.481 e. The minimum atomic E-state index is -0.734. The van der Waals surface area contributed by atoms with Crippen molar-refractivity contribution in [3.8, 4) is 0 Å². The minimum absolute atomic E-state index is 0.271. The summed E-state index contributed by atoms with van der Waals surface area (Å²) in [6.45, 7) is 1.98. The van der Waals surface area contributed by atoms with E-state index in [1.165, 1.54) is 0 Å². The molecule has 1 saturated carbocycles. The molecule has 0 amide bonds. The van der Waals surface area contributed by atoms with E-state index in [0.29, 0.717) is 51.5 Å². The SMILES string of the molecule is O=C(O)C1CCC(O)(CNC2COC2)CC1. The van der Waals surface area contributed by atoms with Gasteiger partial charge in [-0.1, -0.05) is 0 Å². The summed E-state index contributed by atoms with van der Waals surface area (Å²) in [5.41, 5.74) is -0.721. The van der Waals surface area contributed by atoms with E-state index < -0.39 is 11.6 Å². The summed E-state index contributed by atoms with van der Waals surface area (Å²) in [5, 5.41) is 22.4. The van der Waals surface area contributed by atoms with Crippen LogP contribution in [0.15, 0.2) is 0 Å². The molecule has 2 aliphatic rings. The molecule has 0 atom stereocenters. The van der Waals surface area contributed by atoms with Crippen LogP contribution in [-0.2, 0) is 9.53 Å². The van der Waals surface area contributed by atoms with E-state index >= 15 is 0 Å². The van der Waals surface area contributed by atoms with Gasteiger partial charge < -0.3 is 20.3 Å². The van der Waals surface area contributed by atoms with Gasteiger partial charge in [0.1, 0.15) is 0 Å². The number of hydrogen-bond acceptors (Lipinski definition) is 4. The Labute approximate surface area is 94.8 Å². The predicted molar refractivity (Wildman–Crippen MR) is 57.2 cm³/mol. The van der Waals surface area contributed by atoms with Gasteiger partial charge in [0.25, 0.3) is 0 Å². The number of aliphatic carboxylic acids is 1. The van der Waals surface area contributed by atoms with Gasteiger partial charge in [-0.3, -0.25) is 4.79 Å². The van der Waals surface area contributed by atoms with Crippen molar-refractivity contribution >= 4 is 5.97 Å². The zero-order valence-corrected chi connectivity index (χ0v) is 9.32. The lowest BCUT2D eigenvalue weighted by molar-refractivity contribution is -0.144. The van der Waals surface area contributed by atoms with Gasteiger partial charge in [-0.15, -0.1) is 0 Å². The second-order valence-electron chi connectivity index (χ2n) is 4.95. The van der Waals surface area contributed by atoms with Crippen LogP contribution in [0.5, 0.6) is 0 Å². The summed E-state index contributed by atoms with van der Waals surface area (Å²) in [6.07, 6.45) is 2.30. The zero-order chi connectivity index (χ0) is 11.6. The quantitative estimate of drug-likeness (QED) is 0.631. The van der Waals surface area contributed by atoms with Crippen molar-refractivity contribution in [2.75, 3.05) is 19.8 Å². The van der Waals surface area contributed by atoms with E-state index in [-0.39, 0.29) is 5.92 Å². The zero-order valence-electron chi connectivity index (χ0n) is 9.32. The number of nitrogens with one attached hydrogen (secondary N) is 1. The molecular weight excluding hydrogens is 210 g/mol. The lowest BCUT2D eigenvalue weighted by Gasteiger charge is -2.37. The van der Waals surface area contributed by atoms with Crippen molar-refractivity contribution in [1.82, 2.24) is 5.32 Å². The monoisotopic (exact) mass is 229 g/mol. The van der Waals surface area contributed by atoms with Crippen LogP contribution < -0.4 is 5.32 Å². The molecule has 1 aliphatic carbocycles. The lowest BCUT2D eigenvalue weighted by atomic mass is 9.78. The van der Waals surface area contributed by atoms with Gasteiger partial charge in [0.05, 0.1) is 30.8 Å². The molecule has 0 spiro atoms. The van der Waals surface area contributed by atoms with Gasteiger partial charge in [-0.05, 0) is 25.7 Å². The highest BCUT2D eigenvalue weighted by atomic mass is 16.5. The first kappa shape index (κ1) is 11.8. The fraction of sp³-hybridized carbons (Fsp3) is 0.909. The summed E-state index contributed by atoms with van der Waals surface area (Å²) < 4.78 is 5.03. The molecule has 0 aromatic carbocycles. The van der Waals surface area contributed by atoms with Gasteiger partial charge in [-0.2, -0.15) is 0 Å². The number of carboxylic acid groups (broad SMARTS) is 1. The molecule has 92 valence electrons. The van der Waals surface area contributed by atoms with E-state index in [2.05, 4.69) is 5.32 Å². The van der Waals surface area contributed by atoms with Crippen LogP contribution in [0.2, 0.25) is 0 Å². The third-order valence-corrected chi connectivity index (χ3v) is 3.62. The maximum Gasteiger partial charge on any atom is 0.306 e. The highest BCUT2D eigenvalue weighted by Gasteiger charge is 2.36. The first-order valence-corrected chi connectivity index (χ1v) is 5.85. The average molecular weight is 229 g/mol. The molecule has 16 heavy (non-hydrogen) atoms. The summed E-state index contributed by atoms with van der Waals surface area (Å²) in [7, 11) is 0. The number of hydrogen-bond donors (Lipinski definition) is 3. The maximum atomic E-state index is 10.8. The molecule has 0 unspecified atom stereocenters. The Bertz CT molecular complexity index is 257. The summed E-state index contributed by atoms with van der Waals surface area (Å²) in [4.78, 5) is 10.8. The number of carboxylic acids is 1. The normalized spacial score (nSPS) is 35.7. The Morgan fingerprint density at radius 2 is 2.00 bits per heavy atom. The van der Waals surface area contributed by atoms with E-state index in [9.17, 15) is 9.90 Å². The maximum absolute atomic E-state index is 10.8.